The first kappa shape index (κ1) is 64.5. The molecule has 90 heavy (non-hydrogen) atoms. The Morgan fingerprint density at radius 1 is 0.600 bits per heavy atom. The number of nitrogens with zero attached hydrogens (tertiary/aromatic N) is 7. The molecular weight excluding hydrogens is 1220 g/mol. The van der Waals surface area contributed by atoms with Gasteiger partial charge in [0.05, 0.1) is 18.7 Å². The molecule has 5 aliphatic rings. The number of sulfonamides is 2. The van der Waals surface area contributed by atoms with Crippen molar-refractivity contribution in [3.63, 3.8) is 0 Å². The van der Waals surface area contributed by atoms with E-state index in [1.165, 1.54) is 51.0 Å². The largest absolute Gasteiger partial charge is 0.445 e. The van der Waals surface area contributed by atoms with Crippen molar-refractivity contribution in [2.45, 2.75) is 89.0 Å². The van der Waals surface area contributed by atoms with Crippen LogP contribution in [0.15, 0.2) is 114 Å². The number of anilines is 2. The lowest BCUT2D eigenvalue weighted by molar-refractivity contribution is -0.131. The van der Waals surface area contributed by atoms with E-state index in [-0.39, 0.29) is 11.9 Å². The number of urea groups is 1. The van der Waals surface area contributed by atoms with Gasteiger partial charge >= 0.3 is 6.03 Å². The van der Waals surface area contributed by atoms with E-state index >= 15 is 0 Å². The fourth-order valence-electron chi connectivity index (χ4n) is 13.9. The Hall–Kier alpha value is -7.05. The molecular formula is C66H82Cl2N12O8S2. The molecule has 6 N–H and O–H groups in total. The van der Waals surface area contributed by atoms with E-state index in [0.29, 0.717) is 62.8 Å². The molecule has 5 aliphatic heterocycles. The number of nitrogens with two attached hydrogens (primary N) is 1. The maximum absolute atomic E-state index is 12.1. The standard InChI is InChI=1S/C18H22N4O3S.C18H25N3O3S.C16H19ClN2O.C14H16ClN3O/c1-18(2)12-21(7-8-22(18)26(3,23)24)16-11-13(17-20-6-9-25-17)10-15-14(16)4-5-19-15;1-25(22,23)21-8-6-20(7-9-21)18-13-15(14-3-10-24-11-4-14)12-17-16(18)2-5-19-17;1-2-16(20)19-7-4-11(5-8-19)14-9-12(17)10-15-13(14)3-6-18-15;15-10-7-12(11-1-4-17-13(11)8-10)9-2-5-18(6-3-9)14(16)19/h4-6,9-11,19H,7-8,12H2,1-3H3;2,5,12-14,19H,3-4,6-11H2,1H3;3,6,9-11,18H,2,4-5,7-8H2,1H3;1,4,7-9,17H,2-3,5-6H2,(H2,16,19). The number of hydrogen-bond donors (Lipinski definition) is 5. The molecule has 0 spiro atoms. The highest BCUT2D eigenvalue weighted by molar-refractivity contribution is 7.88. The van der Waals surface area contributed by atoms with Crippen LogP contribution < -0.4 is 15.5 Å². The summed E-state index contributed by atoms with van der Waals surface area (Å²) in [4.78, 5) is 48.4. The van der Waals surface area contributed by atoms with Crippen molar-refractivity contribution < 1.29 is 35.6 Å². The van der Waals surface area contributed by atoms with E-state index in [9.17, 15) is 26.4 Å². The molecule has 5 saturated heterocycles. The topological polar surface area (TPSA) is 246 Å². The summed E-state index contributed by atoms with van der Waals surface area (Å²) in [6, 6.07) is 24.7. The number of aromatic nitrogens is 5. The van der Waals surface area contributed by atoms with Gasteiger partial charge in [0.25, 0.3) is 0 Å². The third-order valence-corrected chi connectivity index (χ3v) is 21.7. The number of piperazine rings is 2. The number of likely N-dealkylation sites (tertiary alicyclic amines) is 2. The Labute approximate surface area is 536 Å². The van der Waals surface area contributed by atoms with Crippen molar-refractivity contribution >= 4 is 110 Å². The third-order valence-electron chi connectivity index (χ3n) is 18.5. The second-order valence-corrected chi connectivity index (χ2v) is 29.6. The second-order valence-electron chi connectivity index (χ2n) is 24.8. The Balaban J connectivity index is 0.000000124. The molecule has 0 bridgehead atoms. The Morgan fingerprint density at radius 3 is 1.59 bits per heavy atom. The molecule has 24 heteroatoms. The van der Waals surface area contributed by atoms with Crippen LogP contribution in [-0.4, -0.2) is 175 Å². The fraction of sp³-hybridized carbons (Fsp3) is 0.439. The number of carbonyl (C=O) groups excluding carboxylic acids is 2. The summed E-state index contributed by atoms with van der Waals surface area (Å²) in [5.74, 6) is 2.30. The minimum atomic E-state index is -3.24. The summed E-state index contributed by atoms with van der Waals surface area (Å²) in [6.07, 6.45) is 20.2. The number of halogens is 2. The van der Waals surface area contributed by atoms with Crippen molar-refractivity contribution in [1.82, 2.24) is 43.3 Å². The number of ether oxygens (including phenoxy) is 1. The van der Waals surface area contributed by atoms with E-state index in [4.69, 9.17) is 38.1 Å². The van der Waals surface area contributed by atoms with Gasteiger partial charge in [-0.3, -0.25) is 4.79 Å². The van der Waals surface area contributed by atoms with Gasteiger partial charge in [-0.05, 0) is 160 Å². The van der Waals surface area contributed by atoms with Crippen LogP contribution in [0.1, 0.15) is 100 Å². The molecule has 14 rings (SSSR count). The second kappa shape index (κ2) is 27.4. The number of piperidine rings is 2. The van der Waals surface area contributed by atoms with Crippen molar-refractivity contribution in [2.75, 3.05) is 108 Å². The van der Waals surface area contributed by atoms with E-state index in [1.807, 2.05) is 80.8 Å². The Bertz CT molecular complexity index is 4190. The highest BCUT2D eigenvalue weighted by Gasteiger charge is 2.40. The van der Waals surface area contributed by atoms with Gasteiger partial charge in [0.2, 0.25) is 31.8 Å². The van der Waals surface area contributed by atoms with Crippen LogP contribution in [0.3, 0.4) is 0 Å². The Morgan fingerprint density at radius 2 is 1.10 bits per heavy atom. The maximum atomic E-state index is 12.1. The number of nitrogens with one attached hydrogen (secondary N) is 4. The van der Waals surface area contributed by atoms with Crippen LogP contribution in [0.2, 0.25) is 10.0 Å². The van der Waals surface area contributed by atoms with Crippen LogP contribution in [0.4, 0.5) is 16.2 Å². The van der Waals surface area contributed by atoms with Gasteiger partial charge in [-0.15, -0.1) is 0 Å². The lowest BCUT2D eigenvalue weighted by Gasteiger charge is -2.46. The van der Waals surface area contributed by atoms with Crippen molar-refractivity contribution in [1.29, 1.82) is 0 Å². The van der Waals surface area contributed by atoms with Crippen molar-refractivity contribution in [2.24, 2.45) is 5.73 Å². The van der Waals surface area contributed by atoms with Crippen LogP contribution in [0, 0.1) is 0 Å². The smallest absolute Gasteiger partial charge is 0.314 e. The molecule has 0 atom stereocenters. The quantitative estimate of drug-likeness (QED) is 0.0909. The molecule has 5 fully saturated rings. The van der Waals surface area contributed by atoms with E-state index in [2.05, 4.69) is 77.2 Å². The van der Waals surface area contributed by atoms with Gasteiger partial charge in [-0.2, -0.15) is 8.61 Å². The summed E-state index contributed by atoms with van der Waals surface area (Å²) in [7, 11) is -6.34. The van der Waals surface area contributed by atoms with Crippen LogP contribution in [-0.2, 0) is 29.6 Å². The summed E-state index contributed by atoms with van der Waals surface area (Å²) >= 11 is 12.4. The van der Waals surface area contributed by atoms with Gasteiger partial charge < -0.3 is 54.4 Å². The van der Waals surface area contributed by atoms with Gasteiger partial charge in [-0.25, -0.2) is 26.6 Å². The zero-order valence-electron chi connectivity index (χ0n) is 51.8. The molecule has 3 amide bonds. The molecule has 0 radical (unpaired) electrons. The molecule has 0 saturated carbocycles. The van der Waals surface area contributed by atoms with E-state index in [0.717, 1.165) is 140 Å². The number of amides is 3. The number of H-pyrrole nitrogens is 4. The zero-order chi connectivity index (χ0) is 63.5. The minimum absolute atomic E-state index is 0.265. The summed E-state index contributed by atoms with van der Waals surface area (Å²) < 4.78 is 61.8. The zero-order valence-corrected chi connectivity index (χ0v) is 55.0. The fourth-order valence-corrected chi connectivity index (χ4v) is 16.5. The predicted octanol–water partition coefficient (Wildman–Crippen LogP) is 11.8. The maximum Gasteiger partial charge on any atom is 0.314 e. The van der Waals surface area contributed by atoms with E-state index in [1.54, 1.807) is 26.0 Å². The molecule has 0 aliphatic carbocycles. The molecule has 480 valence electrons. The highest BCUT2D eigenvalue weighted by atomic mass is 35.5. The summed E-state index contributed by atoms with van der Waals surface area (Å²) in [5.41, 5.74) is 16.2. The van der Waals surface area contributed by atoms with Crippen molar-refractivity contribution in [3.8, 4) is 11.5 Å². The molecule has 5 aromatic heterocycles. The predicted molar refractivity (Wildman–Crippen MR) is 360 cm³/mol. The van der Waals surface area contributed by atoms with Gasteiger partial charge in [0.1, 0.15) is 6.26 Å². The summed E-state index contributed by atoms with van der Waals surface area (Å²) in [6.45, 7) is 14.9. The number of fused-ring (bicyclic) bond motifs is 4. The van der Waals surface area contributed by atoms with Crippen LogP contribution >= 0.6 is 23.2 Å². The monoisotopic (exact) mass is 1300 g/mol. The van der Waals surface area contributed by atoms with Gasteiger partial charge in [0, 0.05) is 193 Å². The first-order valence-electron chi connectivity index (χ1n) is 31.1. The number of aromatic amines is 4. The highest BCUT2D eigenvalue weighted by Crippen LogP contribution is 2.40. The average Bonchev–Trinajstić information content (AvgIpc) is 1.41. The summed E-state index contributed by atoms with van der Waals surface area (Å²) in [5, 5.41) is 6.33. The van der Waals surface area contributed by atoms with Gasteiger partial charge in [-0.1, -0.05) is 30.1 Å². The van der Waals surface area contributed by atoms with E-state index < -0.39 is 25.6 Å². The number of oxazole rings is 1. The number of rotatable bonds is 9. The lowest BCUT2D eigenvalue weighted by Crippen LogP contribution is -2.60. The average molecular weight is 1310 g/mol. The molecule has 20 nitrogen and oxygen atoms in total. The van der Waals surface area contributed by atoms with Crippen LogP contribution in [0.5, 0.6) is 0 Å². The van der Waals surface area contributed by atoms with Gasteiger partial charge in [0.15, 0.2) is 0 Å². The number of hydrogen-bond acceptors (Lipinski definition) is 11. The molecule has 10 heterocycles. The molecule has 0 unspecified atom stereocenters. The lowest BCUT2D eigenvalue weighted by atomic mass is 9.87. The molecule has 4 aromatic carbocycles. The van der Waals surface area contributed by atoms with Crippen molar-refractivity contribution in [3.05, 3.63) is 137 Å². The number of primary amides is 1. The first-order chi connectivity index (χ1) is 43.1. The Kier molecular flexibility index (Phi) is 19.6. The number of benzene rings is 4. The SMILES string of the molecule is CC1(C)CN(c2cc(-c3ncco3)cc3[nH]ccc23)CCN1S(C)(=O)=O.CCC(=O)N1CCC(c2cc(Cl)cc3[nH]ccc23)CC1.CS(=O)(=O)N1CCN(c2cc(C3CCOCC3)cc3[nH]ccc23)CC1.NC(=O)N1CCC(c2cc(Cl)cc3[nH]ccc23)CC1. The number of carbonyl (C=O) groups is 2. The first-order valence-corrected chi connectivity index (χ1v) is 35.5. The minimum Gasteiger partial charge on any atom is -0.445 e. The molecule has 9 aromatic rings. The normalized spacial score (nSPS) is 18.5. The van der Waals surface area contributed by atoms with Crippen LogP contribution in [0.25, 0.3) is 55.1 Å². The third kappa shape index (κ3) is 14.6.